The van der Waals surface area contributed by atoms with E-state index in [1.54, 1.807) is 25.3 Å². The Labute approximate surface area is 192 Å². The maximum Gasteiger partial charge on any atom is 0.371 e. The first-order chi connectivity index (χ1) is 15.8. The highest BCUT2D eigenvalue weighted by molar-refractivity contribution is 8.18. The van der Waals surface area contributed by atoms with E-state index >= 15 is 0 Å². The summed E-state index contributed by atoms with van der Waals surface area (Å²) in [6.45, 7) is 3.54. The lowest BCUT2D eigenvalue weighted by Crippen LogP contribution is -2.42. The van der Waals surface area contributed by atoms with E-state index in [1.165, 1.54) is 13.0 Å². The fourth-order valence-corrected chi connectivity index (χ4v) is 4.49. The number of carboxylic acid groups (broad SMARTS) is 1. The third kappa shape index (κ3) is 4.29. The fraction of sp³-hybridized carbons (Fsp3) is 0.217. The highest BCUT2D eigenvalue weighted by atomic mass is 32.2. The maximum atomic E-state index is 12.9. The second-order valence-corrected chi connectivity index (χ2v) is 8.27. The lowest BCUT2D eigenvalue weighted by Gasteiger charge is -2.19. The van der Waals surface area contributed by atoms with Crippen LogP contribution in [0.2, 0.25) is 0 Å². The molecule has 1 fully saturated rings. The molecular weight excluding hydrogens is 448 g/mol. The van der Waals surface area contributed by atoms with Gasteiger partial charge in [-0.1, -0.05) is 18.2 Å². The molecule has 0 radical (unpaired) electrons. The predicted molar refractivity (Wildman–Crippen MR) is 121 cm³/mol. The van der Waals surface area contributed by atoms with Crippen LogP contribution in [-0.2, 0) is 20.9 Å². The van der Waals surface area contributed by atoms with Crippen LogP contribution < -0.4 is 0 Å². The van der Waals surface area contributed by atoms with Gasteiger partial charge in [-0.2, -0.15) is 0 Å². The summed E-state index contributed by atoms with van der Waals surface area (Å²) in [5.41, 5.74) is 1.54. The number of furan rings is 1. The fourth-order valence-electron chi connectivity index (χ4n) is 3.59. The Bertz CT molecular complexity index is 1300. The average molecular weight is 468 g/mol. The minimum Gasteiger partial charge on any atom is -0.475 e. The molecule has 1 aromatic carbocycles. The van der Waals surface area contributed by atoms with Gasteiger partial charge in [0.1, 0.15) is 11.8 Å². The number of thioether (sulfide) groups is 1. The summed E-state index contributed by atoms with van der Waals surface area (Å²) in [7, 11) is 0. The molecule has 0 aliphatic carbocycles. The Balaban J connectivity index is 1.66. The van der Waals surface area contributed by atoms with E-state index in [-0.39, 0.29) is 23.8 Å². The van der Waals surface area contributed by atoms with Gasteiger partial charge in [-0.25, -0.2) is 9.59 Å². The Kier molecular flexibility index (Phi) is 6.10. The van der Waals surface area contributed by atoms with Gasteiger partial charge in [0.25, 0.3) is 11.1 Å². The number of fused-ring (bicyclic) bond motifs is 1. The Morgan fingerprint density at radius 3 is 2.67 bits per heavy atom. The molecule has 0 saturated carbocycles. The summed E-state index contributed by atoms with van der Waals surface area (Å²) >= 11 is 0.767. The van der Waals surface area contributed by atoms with Crippen molar-refractivity contribution < 1.29 is 33.4 Å². The Morgan fingerprint density at radius 2 is 1.97 bits per heavy atom. The molecular formula is C23H20N2O7S. The molecule has 10 heteroatoms. The van der Waals surface area contributed by atoms with Crippen LogP contribution in [0, 0.1) is 0 Å². The standard InChI is InChI=1S/C23H20N2O7S/c1-3-31-22(29)13(2)25-20(26)19(33-23(25)30)10-14-11-24(17-7-5-4-6-16(14)17)12-15-8-9-18(32-15)21(27)28/h4-11,13H,3,12H2,1-2H3,(H,27,28)/b19-10+/t13-/m0/s1. The number of ether oxygens (including phenoxy) is 1. The van der Waals surface area contributed by atoms with Crippen LogP contribution in [0.4, 0.5) is 4.79 Å². The molecule has 3 aromatic rings. The highest BCUT2D eigenvalue weighted by Gasteiger charge is 2.41. The van der Waals surface area contributed by atoms with E-state index in [1.807, 2.05) is 28.8 Å². The smallest absolute Gasteiger partial charge is 0.371 e. The number of carbonyl (C=O) groups is 4. The number of hydrogen-bond donors (Lipinski definition) is 1. The predicted octanol–water partition coefficient (Wildman–Crippen LogP) is 3.97. The van der Waals surface area contributed by atoms with Crippen LogP contribution in [0.1, 0.15) is 35.7 Å². The Morgan fingerprint density at radius 1 is 1.21 bits per heavy atom. The first-order valence-corrected chi connectivity index (χ1v) is 11.0. The van der Waals surface area contributed by atoms with Crippen LogP contribution in [-0.4, -0.2) is 50.3 Å². The second-order valence-electron chi connectivity index (χ2n) is 7.28. The van der Waals surface area contributed by atoms with Crippen molar-refractivity contribution in [3.8, 4) is 0 Å². The van der Waals surface area contributed by atoms with E-state index < -0.39 is 29.1 Å². The van der Waals surface area contributed by atoms with Crippen LogP contribution in [0.15, 0.2) is 51.9 Å². The van der Waals surface area contributed by atoms with Gasteiger partial charge < -0.3 is 18.8 Å². The number of rotatable bonds is 7. The molecule has 3 heterocycles. The van der Waals surface area contributed by atoms with Gasteiger partial charge in [-0.3, -0.25) is 14.5 Å². The number of aromatic carboxylic acids is 1. The van der Waals surface area contributed by atoms with Crippen LogP contribution >= 0.6 is 11.8 Å². The lowest BCUT2D eigenvalue weighted by atomic mass is 10.1. The van der Waals surface area contributed by atoms with Gasteiger partial charge in [0.15, 0.2) is 0 Å². The third-order valence-corrected chi connectivity index (χ3v) is 6.03. The molecule has 2 amide bonds. The van der Waals surface area contributed by atoms with Crippen LogP contribution in [0.3, 0.4) is 0 Å². The first-order valence-electron chi connectivity index (χ1n) is 10.1. The number of imide groups is 1. The second kappa shape index (κ2) is 8.99. The van der Waals surface area contributed by atoms with E-state index in [4.69, 9.17) is 14.3 Å². The zero-order chi connectivity index (χ0) is 23.7. The number of carbonyl (C=O) groups excluding carboxylic acids is 3. The van der Waals surface area contributed by atoms with Crippen LogP contribution in [0.25, 0.3) is 17.0 Å². The van der Waals surface area contributed by atoms with E-state index in [2.05, 4.69) is 0 Å². The number of esters is 1. The monoisotopic (exact) mass is 468 g/mol. The molecule has 1 aliphatic rings. The summed E-state index contributed by atoms with van der Waals surface area (Å²) in [5.74, 6) is -2.03. The van der Waals surface area contributed by atoms with Crippen molar-refractivity contribution in [2.24, 2.45) is 0 Å². The number of carboxylic acids is 1. The van der Waals surface area contributed by atoms with E-state index in [9.17, 15) is 19.2 Å². The largest absolute Gasteiger partial charge is 0.475 e. The molecule has 1 N–H and O–H groups in total. The van der Waals surface area contributed by atoms with Gasteiger partial charge in [0.05, 0.1) is 18.1 Å². The molecule has 1 atom stereocenters. The van der Waals surface area contributed by atoms with Gasteiger partial charge in [0.2, 0.25) is 5.76 Å². The summed E-state index contributed by atoms with van der Waals surface area (Å²) in [6, 6.07) is 9.46. The van der Waals surface area contributed by atoms with Crippen LogP contribution in [0.5, 0.6) is 0 Å². The molecule has 170 valence electrons. The molecule has 0 bridgehead atoms. The first kappa shape index (κ1) is 22.4. The topological polar surface area (TPSA) is 119 Å². The molecule has 0 unspecified atom stereocenters. The molecule has 9 nitrogen and oxygen atoms in total. The van der Waals surface area contributed by atoms with Crippen molar-refractivity contribution in [3.05, 3.63) is 64.6 Å². The number of amides is 2. The molecule has 1 saturated heterocycles. The third-order valence-electron chi connectivity index (χ3n) is 5.14. The van der Waals surface area contributed by atoms with Gasteiger partial charge in [-0.05, 0) is 49.9 Å². The molecule has 33 heavy (non-hydrogen) atoms. The average Bonchev–Trinajstić information content (AvgIpc) is 3.46. The Hall–Kier alpha value is -3.79. The van der Waals surface area contributed by atoms with Gasteiger partial charge in [-0.15, -0.1) is 0 Å². The van der Waals surface area contributed by atoms with Crippen molar-refractivity contribution >= 4 is 51.8 Å². The van der Waals surface area contributed by atoms with E-state index in [0.29, 0.717) is 11.3 Å². The normalized spacial score (nSPS) is 16.1. The molecule has 4 rings (SSSR count). The van der Waals surface area contributed by atoms with Gasteiger partial charge >= 0.3 is 11.9 Å². The summed E-state index contributed by atoms with van der Waals surface area (Å²) < 4.78 is 12.2. The summed E-state index contributed by atoms with van der Waals surface area (Å²) in [5, 5.41) is 9.37. The number of benzene rings is 1. The lowest BCUT2D eigenvalue weighted by molar-refractivity contribution is -0.150. The molecule has 1 aliphatic heterocycles. The van der Waals surface area contributed by atoms with Gasteiger partial charge in [0, 0.05) is 22.7 Å². The minimum atomic E-state index is -1.15. The highest BCUT2D eigenvalue weighted by Crippen LogP contribution is 2.35. The zero-order valence-electron chi connectivity index (χ0n) is 17.8. The molecule has 2 aromatic heterocycles. The summed E-state index contributed by atoms with van der Waals surface area (Å²) in [4.78, 5) is 49.6. The van der Waals surface area contributed by atoms with Crippen molar-refractivity contribution in [2.45, 2.75) is 26.4 Å². The minimum absolute atomic E-state index is 0.147. The van der Waals surface area contributed by atoms with E-state index in [0.717, 1.165) is 27.6 Å². The maximum absolute atomic E-state index is 12.9. The molecule has 0 spiro atoms. The number of aromatic nitrogens is 1. The summed E-state index contributed by atoms with van der Waals surface area (Å²) in [6.07, 6.45) is 3.42. The zero-order valence-corrected chi connectivity index (χ0v) is 18.6. The van der Waals surface area contributed by atoms with Crippen molar-refractivity contribution in [2.75, 3.05) is 6.61 Å². The quantitative estimate of drug-likeness (QED) is 0.409. The SMILES string of the molecule is CCOC(=O)[C@H](C)N1C(=O)S/C(=C/c2cn(Cc3ccc(C(=O)O)o3)c3ccccc23)C1=O. The number of nitrogens with zero attached hydrogens (tertiary/aromatic N) is 2. The van der Waals surface area contributed by atoms with Crippen molar-refractivity contribution in [1.82, 2.24) is 9.47 Å². The van der Waals surface area contributed by atoms with Crippen molar-refractivity contribution in [3.63, 3.8) is 0 Å². The van der Waals surface area contributed by atoms with Crippen molar-refractivity contribution in [1.29, 1.82) is 0 Å². The number of hydrogen-bond acceptors (Lipinski definition) is 7. The number of para-hydroxylation sites is 1.